The number of amides is 1. The van der Waals surface area contributed by atoms with Crippen LogP contribution >= 0.6 is 0 Å². The van der Waals surface area contributed by atoms with E-state index in [0.29, 0.717) is 32.4 Å². The van der Waals surface area contributed by atoms with Crippen molar-refractivity contribution in [2.45, 2.75) is 64.7 Å². The Morgan fingerprint density at radius 3 is 2.52 bits per heavy atom. The van der Waals surface area contributed by atoms with Gasteiger partial charge in [-0.25, -0.2) is 4.79 Å². The second-order valence-corrected chi connectivity index (χ2v) is 6.71. The summed E-state index contributed by atoms with van der Waals surface area (Å²) in [7, 11) is 0. The van der Waals surface area contributed by atoms with Gasteiger partial charge in [-0.05, 0) is 39.5 Å². The molecule has 0 aromatic carbocycles. The van der Waals surface area contributed by atoms with E-state index in [-0.39, 0.29) is 11.7 Å². The number of carbonyl (C=O) groups is 2. The van der Waals surface area contributed by atoms with Crippen molar-refractivity contribution in [3.8, 4) is 0 Å². The van der Waals surface area contributed by atoms with Crippen LogP contribution in [0.25, 0.3) is 0 Å². The fourth-order valence-corrected chi connectivity index (χ4v) is 2.27. The summed E-state index contributed by atoms with van der Waals surface area (Å²) in [6.07, 6.45) is 0.794. The van der Waals surface area contributed by atoms with E-state index in [4.69, 9.17) is 4.74 Å². The zero-order chi connectivity index (χ0) is 16.0. The first-order valence-corrected chi connectivity index (χ1v) is 7.61. The lowest BCUT2D eigenvalue weighted by molar-refractivity contribution is -0.123. The molecule has 1 amide bonds. The van der Waals surface area contributed by atoms with Crippen molar-refractivity contribution in [2.24, 2.45) is 5.92 Å². The summed E-state index contributed by atoms with van der Waals surface area (Å²) >= 11 is 0. The first-order valence-electron chi connectivity index (χ1n) is 7.61. The van der Waals surface area contributed by atoms with E-state index in [0.717, 1.165) is 0 Å². The molecule has 0 saturated carbocycles. The van der Waals surface area contributed by atoms with Crippen LogP contribution in [0.4, 0.5) is 4.79 Å². The predicted octanol–water partition coefficient (Wildman–Crippen LogP) is 1.22. The van der Waals surface area contributed by atoms with Gasteiger partial charge in [-0.1, -0.05) is 6.92 Å². The maximum absolute atomic E-state index is 12.0. The van der Waals surface area contributed by atoms with Crippen LogP contribution in [0, 0.1) is 5.92 Å². The maximum Gasteiger partial charge on any atom is 0.407 e. The molecule has 1 aliphatic heterocycles. The molecule has 6 heteroatoms. The quantitative estimate of drug-likeness (QED) is 0.642. The fraction of sp³-hybridized carbons (Fsp3) is 0.867. The van der Waals surface area contributed by atoms with Crippen molar-refractivity contribution in [3.63, 3.8) is 0 Å². The highest BCUT2D eigenvalue weighted by Gasteiger charge is 2.35. The summed E-state index contributed by atoms with van der Waals surface area (Å²) in [6, 6.07) is -0.432. The molecule has 1 fully saturated rings. The van der Waals surface area contributed by atoms with Crippen molar-refractivity contribution >= 4 is 11.9 Å². The highest BCUT2D eigenvalue weighted by Crippen LogP contribution is 2.16. The van der Waals surface area contributed by atoms with Crippen LogP contribution in [0.3, 0.4) is 0 Å². The van der Waals surface area contributed by atoms with E-state index in [2.05, 4.69) is 10.6 Å². The highest BCUT2D eigenvalue weighted by molar-refractivity contribution is 5.85. The molecule has 0 radical (unpaired) electrons. The van der Waals surface area contributed by atoms with E-state index in [1.165, 1.54) is 0 Å². The lowest BCUT2D eigenvalue weighted by Crippen LogP contribution is -2.39. The van der Waals surface area contributed by atoms with Gasteiger partial charge in [0, 0.05) is 19.5 Å². The standard InChI is InChI=1S/C15H28N2O4/c1-10-9-17-12(13(10)19)11(18)7-5-6-8-16-14(20)21-15(2,3)4/h10,12-13,17,19H,5-9H2,1-4H3,(H,16,20)/t10?,12-,13?/m1/s1. The number of Topliss-reactive ketones (excluding diaryl/α,β-unsaturated/α-hetero) is 1. The zero-order valence-electron chi connectivity index (χ0n) is 13.4. The molecule has 1 heterocycles. The second kappa shape index (κ2) is 7.75. The molecule has 1 saturated heterocycles. The number of aliphatic hydroxyl groups excluding tert-OH is 1. The predicted molar refractivity (Wildman–Crippen MR) is 80.1 cm³/mol. The number of rotatable bonds is 6. The van der Waals surface area contributed by atoms with Crippen LogP contribution in [0.2, 0.25) is 0 Å². The van der Waals surface area contributed by atoms with Crippen molar-refractivity contribution in [2.75, 3.05) is 13.1 Å². The molecular formula is C15H28N2O4. The second-order valence-electron chi connectivity index (χ2n) is 6.71. The number of carbonyl (C=O) groups excluding carboxylic acids is 2. The van der Waals surface area contributed by atoms with Gasteiger partial charge < -0.3 is 20.5 Å². The molecule has 0 aromatic rings. The average Bonchev–Trinajstić information content (AvgIpc) is 2.67. The van der Waals surface area contributed by atoms with Gasteiger partial charge in [0.05, 0.1) is 12.1 Å². The molecule has 0 bridgehead atoms. The van der Waals surface area contributed by atoms with Crippen LogP contribution in [-0.4, -0.2) is 47.8 Å². The lowest BCUT2D eigenvalue weighted by Gasteiger charge is -2.19. The maximum atomic E-state index is 12.0. The molecule has 2 unspecified atom stereocenters. The summed E-state index contributed by atoms with van der Waals surface area (Å²) in [6.45, 7) is 8.52. The topological polar surface area (TPSA) is 87.7 Å². The van der Waals surface area contributed by atoms with Gasteiger partial charge in [0.2, 0.25) is 0 Å². The third-order valence-corrected chi connectivity index (χ3v) is 3.45. The molecule has 3 atom stereocenters. The Morgan fingerprint density at radius 2 is 2.00 bits per heavy atom. The monoisotopic (exact) mass is 300 g/mol. The van der Waals surface area contributed by atoms with E-state index in [9.17, 15) is 14.7 Å². The van der Waals surface area contributed by atoms with Gasteiger partial charge in [-0.15, -0.1) is 0 Å². The number of hydrogen-bond acceptors (Lipinski definition) is 5. The SMILES string of the molecule is CC1CN[C@H](C(=O)CCCCNC(=O)OC(C)(C)C)C1O. The van der Waals surface area contributed by atoms with E-state index in [1.807, 2.05) is 27.7 Å². The van der Waals surface area contributed by atoms with Gasteiger partial charge in [0.25, 0.3) is 0 Å². The molecule has 6 nitrogen and oxygen atoms in total. The fourth-order valence-electron chi connectivity index (χ4n) is 2.27. The molecule has 3 N–H and O–H groups in total. The van der Waals surface area contributed by atoms with Gasteiger partial charge >= 0.3 is 6.09 Å². The highest BCUT2D eigenvalue weighted by atomic mass is 16.6. The first kappa shape index (κ1) is 17.9. The zero-order valence-corrected chi connectivity index (χ0v) is 13.4. The number of ketones is 1. The van der Waals surface area contributed by atoms with Crippen LogP contribution < -0.4 is 10.6 Å². The molecule has 1 aliphatic rings. The molecule has 21 heavy (non-hydrogen) atoms. The van der Waals surface area contributed by atoms with Gasteiger partial charge in [0.15, 0.2) is 5.78 Å². The molecule has 0 aromatic heterocycles. The number of unbranched alkanes of at least 4 members (excludes halogenated alkanes) is 1. The number of ether oxygens (including phenoxy) is 1. The minimum absolute atomic E-state index is 0.0455. The van der Waals surface area contributed by atoms with E-state index < -0.39 is 23.8 Å². The minimum atomic E-state index is -0.586. The largest absolute Gasteiger partial charge is 0.444 e. The minimum Gasteiger partial charge on any atom is -0.444 e. The summed E-state index contributed by atoms with van der Waals surface area (Å²) in [5, 5.41) is 15.6. The van der Waals surface area contributed by atoms with Crippen molar-refractivity contribution in [3.05, 3.63) is 0 Å². The van der Waals surface area contributed by atoms with Crippen molar-refractivity contribution in [1.29, 1.82) is 0 Å². The van der Waals surface area contributed by atoms with Gasteiger partial charge in [-0.3, -0.25) is 4.79 Å². The van der Waals surface area contributed by atoms with E-state index in [1.54, 1.807) is 0 Å². The van der Waals surface area contributed by atoms with Crippen molar-refractivity contribution in [1.82, 2.24) is 10.6 Å². The Labute approximate surface area is 126 Å². The van der Waals surface area contributed by atoms with Crippen LogP contribution in [0.5, 0.6) is 0 Å². The number of nitrogens with one attached hydrogen (secondary N) is 2. The number of aliphatic hydroxyl groups is 1. The molecule has 0 aliphatic carbocycles. The molecule has 122 valence electrons. The van der Waals surface area contributed by atoms with Crippen LogP contribution in [-0.2, 0) is 9.53 Å². The Morgan fingerprint density at radius 1 is 1.33 bits per heavy atom. The summed E-state index contributed by atoms with van der Waals surface area (Å²) in [5.41, 5.74) is -0.499. The number of alkyl carbamates (subject to hydrolysis) is 1. The van der Waals surface area contributed by atoms with E-state index >= 15 is 0 Å². The summed E-state index contributed by atoms with van der Waals surface area (Å²) in [4.78, 5) is 23.4. The Balaban J connectivity index is 2.12. The Kier molecular flexibility index (Phi) is 6.61. The third-order valence-electron chi connectivity index (χ3n) is 3.45. The van der Waals surface area contributed by atoms with Crippen molar-refractivity contribution < 1.29 is 19.4 Å². The first-order chi connectivity index (χ1) is 9.70. The Bertz CT molecular complexity index is 365. The van der Waals surface area contributed by atoms with Gasteiger partial charge in [0.1, 0.15) is 5.60 Å². The lowest BCUT2D eigenvalue weighted by atomic mass is 9.98. The number of hydrogen-bond donors (Lipinski definition) is 3. The van der Waals surface area contributed by atoms with Crippen LogP contribution in [0.1, 0.15) is 47.0 Å². The average molecular weight is 300 g/mol. The molecule has 0 spiro atoms. The normalized spacial score (nSPS) is 25.7. The molecular weight excluding hydrogens is 272 g/mol. The smallest absolute Gasteiger partial charge is 0.407 e. The summed E-state index contributed by atoms with van der Waals surface area (Å²) in [5.74, 6) is 0.164. The molecule has 1 rings (SSSR count). The van der Waals surface area contributed by atoms with Crippen LogP contribution in [0.15, 0.2) is 0 Å². The van der Waals surface area contributed by atoms with Gasteiger partial charge in [-0.2, -0.15) is 0 Å². The summed E-state index contributed by atoms with van der Waals surface area (Å²) < 4.78 is 5.11. The Hall–Kier alpha value is -1.14. The third kappa shape index (κ3) is 6.44.